The van der Waals surface area contributed by atoms with Crippen molar-refractivity contribution < 1.29 is 14.3 Å². The molecule has 8 heteroatoms. The molecule has 1 aromatic carbocycles. The van der Waals surface area contributed by atoms with Gasteiger partial charge in [0.2, 0.25) is 5.91 Å². The first-order valence-electron chi connectivity index (χ1n) is 6.87. The number of ether oxygens (including phenoxy) is 1. The molecule has 22 heavy (non-hydrogen) atoms. The van der Waals surface area contributed by atoms with Crippen LogP contribution in [0.3, 0.4) is 0 Å². The Kier molecular flexibility index (Phi) is 5.74. The first-order chi connectivity index (χ1) is 10.5. The number of carbonyl (C=O) groups is 2. The maximum Gasteiger partial charge on any atom is 0.320 e. The summed E-state index contributed by atoms with van der Waals surface area (Å²) in [5.41, 5.74) is 5.26. The third kappa shape index (κ3) is 4.42. The quantitative estimate of drug-likeness (QED) is 0.820. The van der Waals surface area contributed by atoms with Crippen LogP contribution in [-0.2, 0) is 4.79 Å². The number of amides is 3. The van der Waals surface area contributed by atoms with E-state index >= 15 is 0 Å². The first kappa shape index (κ1) is 16.7. The van der Waals surface area contributed by atoms with Crippen molar-refractivity contribution in [2.45, 2.75) is 12.8 Å². The third-order valence-corrected chi connectivity index (χ3v) is 4.06. The number of halogens is 2. The summed E-state index contributed by atoms with van der Waals surface area (Å²) < 4.78 is 5.39. The average Bonchev–Trinajstić information content (AvgIpc) is 2.49. The third-order valence-electron chi connectivity index (χ3n) is 3.53. The summed E-state index contributed by atoms with van der Waals surface area (Å²) in [7, 11) is 0. The number of urea groups is 1. The van der Waals surface area contributed by atoms with Gasteiger partial charge in [-0.05, 0) is 31.0 Å². The number of hydrogen-bond donors (Lipinski definition) is 2. The molecule has 1 saturated heterocycles. The summed E-state index contributed by atoms with van der Waals surface area (Å²) in [6.07, 6.45) is 1.18. The van der Waals surface area contributed by atoms with Crippen LogP contribution in [0.25, 0.3) is 0 Å². The molecule has 0 bridgehead atoms. The monoisotopic (exact) mass is 345 g/mol. The lowest BCUT2D eigenvalue weighted by molar-refractivity contribution is -0.123. The van der Waals surface area contributed by atoms with Gasteiger partial charge in [-0.1, -0.05) is 23.2 Å². The van der Waals surface area contributed by atoms with Gasteiger partial charge in [-0.3, -0.25) is 4.79 Å². The largest absolute Gasteiger partial charge is 0.472 e. The SMILES string of the molecule is NC(=O)C1CCN(C(=O)NCOc2ccc(Cl)cc2Cl)CC1. The van der Waals surface area contributed by atoms with Gasteiger partial charge in [-0.15, -0.1) is 0 Å². The fourth-order valence-corrected chi connectivity index (χ4v) is 2.71. The number of primary amides is 1. The van der Waals surface area contributed by atoms with Crippen molar-refractivity contribution in [3.8, 4) is 5.75 Å². The summed E-state index contributed by atoms with van der Waals surface area (Å²) in [5, 5.41) is 3.54. The Balaban J connectivity index is 1.75. The molecule has 0 radical (unpaired) electrons. The van der Waals surface area contributed by atoms with Crippen LogP contribution in [0.5, 0.6) is 5.75 Å². The number of nitrogens with one attached hydrogen (secondary N) is 1. The van der Waals surface area contributed by atoms with E-state index in [-0.39, 0.29) is 24.6 Å². The van der Waals surface area contributed by atoms with E-state index in [1.165, 1.54) is 0 Å². The zero-order valence-electron chi connectivity index (χ0n) is 11.9. The van der Waals surface area contributed by atoms with E-state index < -0.39 is 0 Å². The first-order valence-corrected chi connectivity index (χ1v) is 7.63. The highest BCUT2D eigenvalue weighted by molar-refractivity contribution is 6.35. The molecular weight excluding hydrogens is 329 g/mol. The number of nitrogens with two attached hydrogens (primary N) is 1. The van der Waals surface area contributed by atoms with Crippen LogP contribution >= 0.6 is 23.2 Å². The molecule has 0 aromatic heterocycles. The minimum absolute atomic E-state index is 0.00403. The summed E-state index contributed by atoms with van der Waals surface area (Å²) in [5.74, 6) is -0.00671. The molecule has 0 aliphatic carbocycles. The van der Waals surface area contributed by atoms with Crippen molar-refractivity contribution in [1.82, 2.24) is 10.2 Å². The number of benzene rings is 1. The van der Waals surface area contributed by atoms with E-state index in [9.17, 15) is 9.59 Å². The normalized spacial score (nSPS) is 15.5. The predicted octanol–water partition coefficient (Wildman–Crippen LogP) is 2.24. The number of likely N-dealkylation sites (tertiary alicyclic amines) is 1. The Labute approximate surface area is 138 Å². The molecule has 120 valence electrons. The van der Waals surface area contributed by atoms with Gasteiger partial charge in [0.25, 0.3) is 0 Å². The lowest BCUT2D eigenvalue weighted by atomic mass is 9.97. The molecule has 0 unspecified atom stereocenters. The van der Waals surface area contributed by atoms with Gasteiger partial charge in [0.1, 0.15) is 5.75 Å². The zero-order chi connectivity index (χ0) is 16.1. The number of carbonyl (C=O) groups excluding carboxylic acids is 2. The van der Waals surface area contributed by atoms with E-state index in [0.29, 0.717) is 41.7 Å². The van der Waals surface area contributed by atoms with Crippen molar-refractivity contribution in [2.75, 3.05) is 19.8 Å². The summed E-state index contributed by atoms with van der Waals surface area (Å²) in [4.78, 5) is 24.7. The van der Waals surface area contributed by atoms with Gasteiger partial charge in [-0.2, -0.15) is 0 Å². The molecule has 3 N–H and O–H groups in total. The summed E-state index contributed by atoms with van der Waals surface area (Å²) in [6.45, 7) is 0.998. The van der Waals surface area contributed by atoms with Gasteiger partial charge in [0, 0.05) is 24.0 Å². The molecule has 0 saturated carbocycles. The number of rotatable bonds is 4. The second-order valence-corrected chi connectivity index (χ2v) is 5.85. The van der Waals surface area contributed by atoms with Crippen LogP contribution in [-0.4, -0.2) is 36.7 Å². The highest BCUT2D eigenvalue weighted by Gasteiger charge is 2.25. The molecule has 1 fully saturated rings. The smallest absolute Gasteiger partial charge is 0.320 e. The van der Waals surface area contributed by atoms with Crippen LogP contribution in [0.4, 0.5) is 4.79 Å². The van der Waals surface area contributed by atoms with E-state index in [2.05, 4.69) is 5.32 Å². The van der Waals surface area contributed by atoms with Crippen molar-refractivity contribution >= 4 is 35.1 Å². The number of hydrogen-bond acceptors (Lipinski definition) is 3. The molecule has 1 aliphatic heterocycles. The maximum atomic E-state index is 12.0. The second-order valence-electron chi connectivity index (χ2n) is 5.01. The van der Waals surface area contributed by atoms with Crippen molar-refractivity contribution in [1.29, 1.82) is 0 Å². The minimum Gasteiger partial charge on any atom is -0.472 e. The van der Waals surface area contributed by atoms with Crippen molar-refractivity contribution in [2.24, 2.45) is 11.7 Å². The molecule has 1 aromatic rings. The molecule has 6 nitrogen and oxygen atoms in total. The second kappa shape index (κ2) is 7.56. The van der Waals surface area contributed by atoms with Gasteiger partial charge in [0.05, 0.1) is 5.02 Å². The average molecular weight is 346 g/mol. The molecular formula is C14H17Cl2N3O3. The van der Waals surface area contributed by atoms with Gasteiger partial charge < -0.3 is 20.7 Å². The number of nitrogens with zero attached hydrogens (tertiary/aromatic N) is 1. The Bertz CT molecular complexity index is 560. The molecule has 3 amide bonds. The zero-order valence-corrected chi connectivity index (χ0v) is 13.4. The lowest BCUT2D eigenvalue weighted by Gasteiger charge is -2.30. The van der Waals surface area contributed by atoms with Crippen LogP contribution in [0.1, 0.15) is 12.8 Å². The summed E-state index contributed by atoms with van der Waals surface area (Å²) in [6, 6.07) is 4.61. The molecule has 2 rings (SSSR count). The van der Waals surface area contributed by atoms with Crippen LogP contribution in [0.2, 0.25) is 10.0 Å². The Hall–Kier alpha value is -1.66. The number of piperidine rings is 1. The van der Waals surface area contributed by atoms with E-state index in [1.54, 1.807) is 23.1 Å². The highest BCUT2D eigenvalue weighted by Crippen LogP contribution is 2.27. The van der Waals surface area contributed by atoms with Crippen LogP contribution in [0.15, 0.2) is 18.2 Å². The molecule has 0 atom stereocenters. The topological polar surface area (TPSA) is 84.7 Å². The van der Waals surface area contributed by atoms with E-state index in [4.69, 9.17) is 33.7 Å². The fourth-order valence-electron chi connectivity index (χ4n) is 2.25. The lowest BCUT2D eigenvalue weighted by Crippen LogP contribution is -2.47. The van der Waals surface area contributed by atoms with E-state index in [0.717, 1.165) is 0 Å². The fraction of sp³-hybridized carbons (Fsp3) is 0.429. The highest BCUT2D eigenvalue weighted by atomic mass is 35.5. The predicted molar refractivity (Wildman–Crippen MR) is 84.0 cm³/mol. The van der Waals surface area contributed by atoms with E-state index in [1.807, 2.05) is 0 Å². The van der Waals surface area contributed by atoms with Gasteiger partial charge in [0.15, 0.2) is 6.73 Å². The van der Waals surface area contributed by atoms with Gasteiger partial charge in [-0.25, -0.2) is 4.79 Å². The van der Waals surface area contributed by atoms with Gasteiger partial charge >= 0.3 is 6.03 Å². The molecule has 0 spiro atoms. The minimum atomic E-state index is -0.305. The summed E-state index contributed by atoms with van der Waals surface area (Å²) >= 11 is 11.8. The maximum absolute atomic E-state index is 12.0. The molecule has 1 aliphatic rings. The Morgan fingerprint density at radius 3 is 2.59 bits per heavy atom. The Morgan fingerprint density at radius 2 is 2.00 bits per heavy atom. The van der Waals surface area contributed by atoms with Crippen LogP contribution < -0.4 is 15.8 Å². The standard InChI is InChI=1S/C14H17Cl2N3O3/c15-10-1-2-12(11(16)7-10)22-8-18-14(21)19-5-3-9(4-6-19)13(17)20/h1-2,7,9H,3-6,8H2,(H2,17,20)(H,18,21). The van der Waals surface area contributed by atoms with Crippen LogP contribution in [0, 0.1) is 5.92 Å². The molecule has 1 heterocycles. The van der Waals surface area contributed by atoms with Crippen molar-refractivity contribution in [3.63, 3.8) is 0 Å². The van der Waals surface area contributed by atoms with Crippen molar-refractivity contribution in [3.05, 3.63) is 28.2 Å². The Morgan fingerprint density at radius 1 is 1.32 bits per heavy atom.